The van der Waals surface area contributed by atoms with E-state index in [1.54, 1.807) is 20.8 Å². The molecule has 26 heavy (non-hydrogen) atoms. The minimum absolute atomic E-state index is 0.0112. The minimum atomic E-state index is -2.99. The SMILES string of the molecule is CC(C)(C)OC(=O)NCC1CCC(F)(F)CN1C(=O)c1cccc(Cl)n1. The molecular weight excluding hydrogens is 368 g/mol. The van der Waals surface area contributed by atoms with E-state index in [1.165, 1.54) is 18.2 Å². The summed E-state index contributed by atoms with van der Waals surface area (Å²) in [6.07, 6.45) is -0.974. The summed E-state index contributed by atoms with van der Waals surface area (Å²) in [6.45, 7) is 4.43. The number of hydrogen-bond donors (Lipinski definition) is 1. The highest BCUT2D eigenvalue weighted by Crippen LogP contribution is 2.31. The number of alkyl halides is 2. The normalized spacial score (nSPS) is 19.8. The number of carbonyl (C=O) groups is 2. The van der Waals surface area contributed by atoms with Gasteiger partial charge in [0.05, 0.1) is 12.6 Å². The first kappa shape index (κ1) is 20.4. The van der Waals surface area contributed by atoms with Gasteiger partial charge < -0.3 is 15.0 Å². The molecule has 0 radical (unpaired) electrons. The Morgan fingerprint density at radius 3 is 2.73 bits per heavy atom. The van der Waals surface area contributed by atoms with Crippen LogP contribution in [-0.2, 0) is 4.74 Å². The van der Waals surface area contributed by atoms with Crippen LogP contribution in [0.25, 0.3) is 0 Å². The number of carbonyl (C=O) groups excluding carboxylic acids is 2. The zero-order valence-corrected chi connectivity index (χ0v) is 15.6. The largest absolute Gasteiger partial charge is 0.444 e. The van der Waals surface area contributed by atoms with Crippen molar-refractivity contribution >= 4 is 23.6 Å². The lowest BCUT2D eigenvalue weighted by molar-refractivity contribution is -0.0718. The number of halogens is 3. The van der Waals surface area contributed by atoms with Crippen molar-refractivity contribution in [3.8, 4) is 0 Å². The van der Waals surface area contributed by atoms with E-state index in [-0.39, 0.29) is 30.2 Å². The number of ether oxygens (including phenoxy) is 1. The number of rotatable bonds is 3. The van der Waals surface area contributed by atoms with Gasteiger partial charge in [-0.3, -0.25) is 4.79 Å². The van der Waals surface area contributed by atoms with Gasteiger partial charge in [0.1, 0.15) is 16.4 Å². The fourth-order valence-corrected chi connectivity index (χ4v) is 2.79. The molecule has 1 saturated heterocycles. The van der Waals surface area contributed by atoms with Crippen molar-refractivity contribution in [2.75, 3.05) is 13.1 Å². The van der Waals surface area contributed by atoms with Crippen molar-refractivity contribution in [3.63, 3.8) is 0 Å². The zero-order valence-electron chi connectivity index (χ0n) is 14.9. The Morgan fingerprint density at radius 2 is 2.12 bits per heavy atom. The Hall–Kier alpha value is -1.96. The van der Waals surface area contributed by atoms with Gasteiger partial charge in [0.15, 0.2) is 0 Å². The molecule has 1 atom stereocenters. The molecule has 1 aliphatic rings. The molecule has 1 aliphatic heterocycles. The van der Waals surface area contributed by atoms with Gasteiger partial charge in [-0.1, -0.05) is 17.7 Å². The van der Waals surface area contributed by atoms with Gasteiger partial charge in [-0.05, 0) is 39.3 Å². The van der Waals surface area contributed by atoms with Crippen molar-refractivity contribution < 1.29 is 23.1 Å². The Kier molecular flexibility index (Phi) is 6.05. The molecule has 1 aromatic rings. The average Bonchev–Trinajstić information content (AvgIpc) is 2.50. The van der Waals surface area contributed by atoms with Crippen molar-refractivity contribution in [3.05, 3.63) is 29.0 Å². The number of hydrogen-bond acceptors (Lipinski definition) is 4. The molecule has 1 N–H and O–H groups in total. The summed E-state index contributed by atoms with van der Waals surface area (Å²) < 4.78 is 32.8. The highest BCUT2D eigenvalue weighted by Gasteiger charge is 2.42. The quantitative estimate of drug-likeness (QED) is 0.803. The molecule has 144 valence electrons. The van der Waals surface area contributed by atoms with E-state index in [0.29, 0.717) is 0 Å². The first-order valence-corrected chi connectivity index (χ1v) is 8.63. The maximum absolute atomic E-state index is 13.9. The van der Waals surface area contributed by atoms with Crippen molar-refractivity contribution in [1.29, 1.82) is 0 Å². The second-order valence-corrected chi connectivity index (χ2v) is 7.60. The Morgan fingerprint density at radius 1 is 1.42 bits per heavy atom. The van der Waals surface area contributed by atoms with Crippen molar-refractivity contribution in [1.82, 2.24) is 15.2 Å². The molecule has 9 heteroatoms. The van der Waals surface area contributed by atoms with Crippen molar-refractivity contribution in [2.45, 2.75) is 51.2 Å². The third kappa shape index (κ3) is 5.79. The average molecular weight is 390 g/mol. The van der Waals surface area contributed by atoms with Crippen LogP contribution in [0, 0.1) is 0 Å². The molecular formula is C17H22ClF2N3O3. The van der Waals surface area contributed by atoms with E-state index < -0.39 is 36.1 Å². The highest BCUT2D eigenvalue weighted by molar-refractivity contribution is 6.29. The van der Waals surface area contributed by atoms with Gasteiger partial charge in [0, 0.05) is 13.0 Å². The molecule has 2 heterocycles. The van der Waals surface area contributed by atoms with Crippen LogP contribution in [0.5, 0.6) is 0 Å². The summed E-state index contributed by atoms with van der Waals surface area (Å²) in [5, 5.41) is 2.64. The van der Waals surface area contributed by atoms with Crippen LogP contribution < -0.4 is 5.32 Å². The number of pyridine rings is 1. The van der Waals surface area contributed by atoms with Crippen LogP contribution in [0.3, 0.4) is 0 Å². The lowest BCUT2D eigenvalue weighted by Gasteiger charge is -2.39. The predicted octanol–water partition coefficient (Wildman–Crippen LogP) is 3.50. The smallest absolute Gasteiger partial charge is 0.407 e. The van der Waals surface area contributed by atoms with Crippen LogP contribution in [0.2, 0.25) is 5.15 Å². The second kappa shape index (κ2) is 7.73. The topological polar surface area (TPSA) is 71.5 Å². The maximum Gasteiger partial charge on any atom is 0.407 e. The van der Waals surface area contributed by atoms with Crippen LogP contribution in [0.1, 0.15) is 44.1 Å². The van der Waals surface area contributed by atoms with Crippen molar-refractivity contribution in [2.24, 2.45) is 0 Å². The van der Waals surface area contributed by atoms with E-state index in [1.807, 2.05) is 0 Å². The molecule has 0 aromatic carbocycles. The first-order chi connectivity index (χ1) is 12.0. The van der Waals surface area contributed by atoms with Gasteiger partial charge in [-0.2, -0.15) is 0 Å². The standard InChI is InChI=1S/C17H22ClF2N3O3/c1-16(2,3)26-15(25)21-9-11-7-8-17(19,20)10-23(11)14(24)12-5-4-6-13(18)22-12/h4-6,11H,7-10H2,1-3H3,(H,21,25). The summed E-state index contributed by atoms with van der Waals surface area (Å²) in [6, 6.07) is 3.85. The number of amides is 2. The van der Waals surface area contributed by atoms with E-state index in [2.05, 4.69) is 10.3 Å². The maximum atomic E-state index is 13.9. The third-order valence-corrected chi connectivity index (χ3v) is 3.97. The van der Waals surface area contributed by atoms with Gasteiger partial charge in [-0.15, -0.1) is 0 Å². The van der Waals surface area contributed by atoms with E-state index in [9.17, 15) is 18.4 Å². The second-order valence-electron chi connectivity index (χ2n) is 7.21. The summed E-state index contributed by atoms with van der Waals surface area (Å²) in [7, 11) is 0. The number of likely N-dealkylation sites (tertiary alicyclic amines) is 1. The molecule has 2 rings (SSSR count). The summed E-state index contributed by atoms with van der Waals surface area (Å²) in [5.74, 6) is -3.64. The molecule has 1 aromatic heterocycles. The van der Waals surface area contributed by atoms with E-state index in [0.717, 1.165) is 4.90 Å². The molecule has 0 aliphatic carbocycles. The number of aromatic nitrogens is 1. The van der Waals surface area contributed by atoms with E-state index in [4.69, 9.17) is 16.3 Å². The van der Waals surface area contributed by atoms with Crippen LogP contribution in [-0.4, -0.2) is 52.5 Å². The van der Waals surface area contributed by atoms with Crippen LogP contribution in [0.15, 0.2) is 18.2 Å². The summed E-state index contributed by atoms with van der Waals surface area (Å²) >= 11 is 5.78. The van der Waals surface area contributed by atoms with Gasteiger partial charge in [0.2, 0.25) is 0 Å². The summed E-state index contributed by atoms with van der Waals surface area (Å²) in [5.41, 5.74) is -0.693. The summed E-state index contributed by atoms with van der Waals surface area (Å²) in [4.78, 5) is 29.4. The molecule has 0 spiro atoms. The zero-order chi connectivity index (χ0) is 19.5. The lowest BCUT2D eigenvalue weighted by Crippen LogP contribution is -2.55. The molecule has 1 fully saturated rings. The number of alkyl carbamates (subject to hydrolysis) is 1. The predicted molar refractivity (Wildman–Crippen MR) is 92.5 cm³/mol. The Balaban J connectivity index is 2.10. The highest BCUT2D eigenvalue weighted by atomic mass is 35.5. The fraction of sp³-hybridized carbons (Fsp3) is 0.588. The van der Waals surface area contributed by atoms with Gasteiger partial charge in [0.25, 0.3) is 11.8 Å². The van der Waals surface area contributed by atoms with E-state index >= 15 is 0 Å². The third-order valence-electron chi connectivity index (χ3n) is 3.76. The molecule has 0 bridgehead atoms. The molecule has 0 saturated carbocycles. The van der Waals surface area contributed by atoms with Gasteiger partial charge in [-0.25, -0.2) is 18.6 Å². The number of nitrogens with one attached hydrogen (secondary N) is 1. The lowest BCUT2D eigenvalue weighted by atomic mass is 9.98. The van der Waals surface area contributed by atoms with Crippen LogP contribution in [0.4, 0.5) is 13.6 Å². The molecule has 6 nitrogen and oxygen atoms in total. The fourth-order valence-electron chi connectivity index (χ4n) is 2.63. The van der Waals surface area contributed by atoms with Crippen LogP contribution >= 0.6 is 11.6 Å². The van der Waals surface area contributed by atoms with Gasteiger partial charge >= 0.3 is 6.09 Å². The number of nitrogens with zero attached hydrogens (tertiary/aromatic N) is 2. The minimum Gasteiger partial charge on any atom is -0.444 e. The monoisotopic (exact) mass is 389 g/mol. The Bertz CT molecular complexity index is 679. The molecule has 1 unspecified atom stereocenters. The first-order valence-electron chi connectivity index (χ1n) is 8.25. The Labute approximate surface area is 155 Å². The molecule has 2 amide bonds. The number of piperidine rings is 1.